The molecule has 0 saturated heterocycles. The molecule has 0 amide bonds. The molecule has 1 atom stereocenters. The highest BCUT2D eigenvalue weighted by Crippen LogP contribution is 2.25. The fraction of sp³-hybridized carbons (Fsp3) is 0.280. The van der Waals surface area contributed by atoms with Gasteiger partial charge in [0.25, 0.3) is 0 Å². The molecule has 0 radical (unpaired) electrons. The molecular formula is C25H27FN2. The Kier molecular flexibility index (Phi) is 6.15. The van der Waals surface area contributed by atoms with Crippen LogP contribution in [-0.2, 0) is 25.9 Å². The van der Waals surface area contributed by atoms with E-state index in [1.54, 1.807) is 6.07 Å². The zero-order valence-electron chi connectivity index (χ0n) is 16.2. The van der Waals surface area contributed by atoms with Crippen LogP contribution in [0.4, 0.5) is 4.39 Å². The highest BCUT2D eigenvalue weighted by atomic mass is 19.1. The van der Waals surface area contributed by atoms with Crippen molar-refractivity contribution in [2.45, 2.75) is 32.0 Å². The van der Waals surface area contributed by atoms with Crippen molar-refractivity contribution >= 4 is 0 Å². The molecule has 0 saturated carbocycles. The number of rotatable bonds is 7. The Balaban J connectivity index is 1.41. The second-order valence-electron chi connectivity index (χ2n) is 7.59. The van der Waals surface area contributed by atoms with E-state index in [1.165, 1.54) is 22.8 Å². The Hall–Kier alpha value is -2.49. The second-order valence-corrected chi connectivity index (χ2v) is 7.59. The van der Waals surface area contributed by atoms with Crippen LogP contribution in [0.1, 0.15) is 22.3 Å². The Morgan fingerprint density at radius 2 is 1.61 bits per heavy atom. The summed E-state index contributed by atoms with van der Waals surface area (Å²) in [4.78, 5) is 2.55. The molecule has 28 heavy (non-hydrogen) atoms. The molecule has 1 aliphatic rings. The molecule has 3 aromatic rings. The Bertz CT molecular complexity index is 894. The van der Waals surface area contributed by atoms with Gasteiger partial charge in [0.05, 0.1) is 0 Å². The molecule has 0 fully saturated rings. The molecule has 4 rings (SSSR count). The van der Waals surface area contributed by atoms with Gasteiger partial charge in [0.2, 0.25) is 0 Å². The van der Waals surface area contributed by atoms with Gasteiger partial charge < -0.3 is 5.32 Å². The van der Waals surface area contributed by atoms with Crippen LogP contribution in [0.3, 0.4) is 0 Å². The predicted molar refractivity (Wildman–Crippen MR) is 113 cm³/mol. The predicted octanol–water partition coefficient (Wildman–Crippen LogP) is 4.58. The maximum atomic E-state index is 13.6. The van der Waals surface area contributed by atoms with Gasteiger partial charge in [0.15, 0.2) is 0 Å². The summed E-state index contributed by atoms with van der Waals surface area (Å²) in [7, 11) is 0. The average Bonchev–Trinajstić information content (AvgIpc) is 2.72. The maximum absolute atomic E-state index is 13.6. The van der Waals surface area contributed by atoms with E-state index >= 15 is 0 Å². The van der Waals surface area contributed by atoms with E-state index in [0.29, 0.717) is 6.04 Å². The third kappa shape index (κ3) is 4.86. The van der Waals surface area contributed by atoms with Crippen molar-refractivity contribution in [1.82, 2.24) is 10.2 Å². The zero-order chi connectivity index (χ0) is 19.2. The second kappa shape index (κ2) is 9.13. The lowest BCUT2D eigenvalue weighted by molar-refractivity contribution is 0.170. The van der Waals surface area contributed by atoms with Crippen LogP contribution in [0.2, 0.25) is 0 Å². The van der Waals surface area contributed by atoms with Crippen molar-refractivity contribution in [2.24, 2.45) is 0 Å². The summed E-state index contributed by atoms with van der Waals surface area (Å²) in [5, 5.41) is 3.56. The van der Waals surface area contributed by atoms with Crippen molar-refractivity contribution in [3.63, 3.8) is 0 Å². The minimum atomic E-state index is -0.148. The number of hydrogen-bond donors (Lipinski definition) is 1. The van der Waals surface area contributed by atoms with E-state index in [9.17, 15) is 4.39 Å². The lowest BCUT2D eigenvalue weighted by atomic mass is 9.90. The third-order valence-corrected chi connectivity index (χ3v) is 5.57. The number of halogens is 1. The van der Waals surface area contributed by atoms with Gasteiger partial charge in [-0.15, -0.1) is 0 Å². The van der Waals surface area contributed by atoms with E-state index in [4.69, 9.17) is 0 Å². The summed E-state index contributed by atoms with van der Waals surface area (Å²) in [5.41, 5.74) is 5.23. The van der Waals surface area contributed by atoms with E-state index in [2.05, 4.69) is 58.7 Å². The first-order valence-electron chi connectivity index (χ1n) is 10.1. The summed E-state index contributed by atoms with van der Waals surface area (Å²) < 4.78 is 13.6. The highest BCUT2D eigenvalue weighted by Gasteiger charge is 2.25. The summed E-state index contributed by atoms with van der Waals surface area (Å²) in [6.45, 7) is 3.78. The molecule has 1 N–H and O–H groups in total. The van der Waals surface area contributed by atoms with Crippen LogP contribution in [0.5, 0.6) is 0 Å². The molecule has 0 bridgehead atoms. The zero-order valence-corrected chi connectivity index (χ0v) is 16.2. The van der Waals surface area contributed by atoms with E-state index in [0.717, 1.165) is 44.6 Å². The van der Waals surface area contributed by atoms with Gasteiger partial charge in [-0.3, -0.25) is 4.90 Å². The van der Waals surface area contributed by atoms with Crippen LogP contribution in [0.25, 0.3) is 0 Å². The molecule has 3 heteroatoms. The van der Waals surface area contributed by atoms with Crippen LogP contribution >= 0.6 is 0 Å². The van der Waals surface area contributed by atoms with Gasteiger partial charge in [-0.1, -0.05) is 66.7 Å². The normalized spacial score (nSPS) is 16.7. The van der Waals surface area contributed by atoms with Crippen molar-refractivity contribution in [2.75, 3.05) is 13.1 Å². The van der Waals surface area contributed by atoms with E-state index in [1.807, 2.05) is 18.2 Å². The Labute approximate surface area is 167 Å². The van der Waals surface area contributed by atoms with Crippen molar-refractivity contribution in [3.05, 3.63) is 107 Å². The molecule has 0 aromatic heterocycles. The summed E-state index contributed by atoms with van der Waals surface area (Å²) in [6.07, 6.45) is 1.90. The first-order chi connectivity index (χ1) is 13.8. The number of nitrogens with zero attached hydrogens (tertiary/aromatic N) is 1. The SMILES string of the molecule is Fc1cccc(CC2Cc3ccccc3CN2CCNCc2ccccc2)c1. The van der Waals surface area contributed by atoms with E-state index < -0.39 is 0 Å². The quantitative estimate of drug-likeness (QED) is 0.609. The van der Waals surface area contributed by atoms with Crippen molar-refractivity contribution < 1.29 is 4.39 Å². The summed E-state index contributed by atoms with van der Waals surface area (Å²) in [6, 6.07) is 26.7. The molecule has 3 aromatic carbocycles. The van der Waals surface area contributed by atoms with Crippen molar-refractivity contribution in [3.8, 4) is 0 Å². The number of fused-ring (bicyclic) bond motifs is 1. The molecule has 1 heterocycles. The van der Waals surface area contributed by atoms with Gasteiger partial charge in [0, 0.05) is 32.2 Å². The van der Waals surface area contributed by atoms with E-state index in [-0.39, 0.29) is 5.82 Å². The summed E-state index contributed by atoms with van der Waals surface area (Å²) in [5.74, 6) is -0.148. The largest absolute Gasteiger partial charge is 0.311 e. The third-order valence-electron chi connectivity index (χ3n) is 5.57. The fourth-order valence-electron chi connectivity index (χ4n) is 4.09. The Morgan fingerprint density at radius 3 is 2.43 bits per heavy atom. The lowest BCUT2D eigenvalue weighted by Crippen LogP contribution is -2.44. The number of benzene rings is 3. The lowest BCUT2D eigenvalue weighted by Gasteiger charge is -2.37. The molecular weight excluding hydrogens is 347 g/mol. The van der Waals surface area contributed by atoms with Gasteiger partial charge in [-0.25, -0.2) is 4.39 Å². The van der Waals surface area contributed by atoms with Crippen LogP contribution in [0, 0.1) is 5.82 Å². The molecule has 2 nitrogen and oxygen atoms in total. The van der Waals surface area contributed by atoms with Crippen LogP contribution in [-0.4, -0.2) is 24.0 Å². The molecule has 0 spiro atoms. The summed E-state index contributed by atoms with van der Waals surface area (Å²) >= 11 is 0. The van der Waals surface area contributed by atoms with Gasteiger partial charge >= 0.3 is 0 Å². The number of hydrogen-bond acceptors (Lipinski definition) is 2. The molecule has 0 aliphatic carbocycles. The highest BCUT2D eigenvalue weighted by molar-refractivity contribution is 5.31. The molecule has 1 aliphatic heterocycles. The van der Waals surface area contributed by atoms with Crippen molar-refractivity contribution in [1.29, 1.82) is 0 Å². The fourth-order valence-corrected chi connectivity index (χ4v) is 4.09. The first kappa shape index (κ1) is 18.9. The standard InChI is InChI=1S/C25H27FN2/c26-24-12-6-9-21(15-24)16-25-17-22-10-4-5-11-23(22)19-28(25)14-13-27-18-20-7-2-1-3-8-20/h1-12,15,25,27H,13-14,16-19H2. The topological polar surface area (TPSA) is 15.3 Å². The van der Waals surface area contributed by atoms with Crippen LogP contribution in [0.15, 0.2) is 78.9 Å². The van der Waals surface area contributed by atoms with Gasteiger partial charge in [0.1, 0.15) is 5.82 Å². The molecule has 144 valence electrons. The van der Waals surface area contributed by atoms with Crippen LogP contribution < -0.4 is 5.32 Å². The number of nitrogens with one attached hydrogen (secondary N) is 1. The first-order valence-corrected chi connectivity index (χ1v) is 10.1. The minimum absolute atomic E-state index is 0.148. The maximum Gasteiger partial charge on any atom is 0.123 e. The minimum Gasteiger partial charge on any atom is -0.311 e. The molecule has 1 unspecified atom stereocenters. The average molecular weight is 375 g/mol. The smallest absolute Gasteiger partial charge is 0.123 e. The monoisotopic (exact) mass is 374 g/mol. The van der Waals surface area contributed by atoms with Gasteiger partial charge in [-0.05, 0) is 47.2 Å². The van der Waals surface area contributed by atoms with Gasteiger partial charge in [-0.2, -0.15) is 0 Å². The Morgan fingerprint density at radius 1 is 0.857 bits per heavy atom.